The van der Waals surface area contributed by atoms with Crippen LogP contribution in [-0.2, 0) is 16.0 Å². The first-order valence-electron chi connectivity index (χ1n) is 8.06. The van der Waals surface area contributed by atoms with Crippen molar-refractivity contribution in [3.63, 3.8) is 0 Å². The van der Waals surface area contributed by atoms with Gasteiger partial charge in [0.25, 0.3) is 5.24 Å². The summed E-state index contributed by atoms with van der Waals surface area (Å²) in [5.74, 6) is 0.833. The molecule has 5 nitrogen and oxygen atoms in total. The number of amides is 2. The molecule has 1 aromatic rings. The second-order valence-corrected chi connectivity index (χ2v) is 6.45. The quantitative estimate of drug-likeness (QED) is 0.666. The van der Waals surface area contributed by atoms with Crippen molar-refractivity contribution < 1.29 is 14.3 Å². The summed E-state index contributed by atoms with van der Waals surface area (Å²) in [6.45, 7) is 3.24. The number of carbonyl (C=O) groups excluding carboxylic acids is 2. The predicted molar refractivity (Wildman–Crippen MR) is 92.6 cm³/mol. The van der Waals surface area contributed by atoms with E-state index in [1.54, 1.807) is 4.90 Å². The van der Waals surface area contributed by atoms with E-state index < -0.39 is 0 Å². The van der Waals surface area contributed by atoms with E-state index in [0.717, 1.165) is 25.1 Å². The molecule has 0 aliphatic carbocycles. The van der Waals surface area contributed by atoms with Gasteiger partial charge in [0.05, 0.1) is 6.61 Å². The first-order chi connectivity index (χ1) is 11.3. The lowest BCUT2D eigenvalue weighted by Gasteiger charge is -2.13. The van der Waals surface area contributed by atoms with E-state index in [9.17, 15) is 9.59 Å². The Bertz CT molecular complexity index is 496. The van der Waals surface area contributed by atoms with E-state index >= 15 is 0 Å². The minimum absolute atomic E-state index is 0.000939. The fourth-order valence-electron chi connectivity index (χ4n) is 2.29. The van der Waals surface area contributed by atoms with Crippen LogP contribution >= 0.6 is 11.8 Å². The lowest BCUT2D eigenvalue weighted by atomic mass is 10.2. The van der Waals surface area contributed by atoms with E-state index in [4.69, 9.17) is 4.74 Å². The number of nitrogens with zero attached hydrogens (tertiary/aromatic N) is 1. The molecule has 0 saturated carbocycles. The van der Waals surface area contributed by atoms with Crippen LogP contribution < -0.4 is 5.32 Å². The molecule has 1 N–H and O–H groups in total. The predicted octanol–water partition coefficient (Wildman–Crippen LogP) is 2.31. The Morgan fingerprint density at radius 3 is 2.83 bits per heavy atom. The summed E-state index contributed by atoms with van der Waals surface area (Å²) < 4.78 is 5.57. The largest absolute Gasteiger partial charge is 0.381 e. The second kappa shape index (κ2) is 10.3. The summed E-state index contributed by atoms with van der Waals surface area (Å²) in [7, 11) is 0. The van der Waals surface area contributed by atoms with Gasteiger partial charge in [-0.3, -0.25) is 9.59 Å². The van der Waals surface area contributed by atoms with E-state index in [1.807, 2.05) is 18.2 Å². The summed E-state index contributed by atoms with van der Waals surface area (Å²) in [5.41, 5.74) is 1.27. The number of nitrogens with one attached hydrogen (secondary N) is 1. The van der Waals surface area contributed by atoms with Gasteiger partial charge in [-0.1, -0.05) is 42.1 Å². The third kappa shape index (κ3) is 7.05. The fourth-order valence-corrected chi connectivity index (χ4v) is 3.14. The average Bonchev–Trinajstić information content (AvgIpc) is 2.98. The molecule has 1 aliphatic heterocycles. The van der Waals surface area contributed by atoms with Crippen molar-refractivity contribution in [1.29, 1.82) is 0 Å². The standard InChI is InChI=1S/C17H24N2O3S/c20-16(7-10-19-11-14-23-17(19)21)18-9-4-12-22-13-8-15-5-2-1-3-6-15/h1-3,5-6H,4,7-14H2,(H,18,20). The van der Waals surface area contributed by atoms with E-state index in [1.165, 1.54) is 17.3 Å². The number of ether oxygens (including phenoxy) is 1. The zero-order chi connectivity index (χ0) is 16.3. The molecule has 2 amide bonds. The fraction of sp³-hybridized carbons (Fsp3) is 0.529. The monoisotopic (exact) mass is 336 g/mol. The van der Waals surface area contributed by atoms with Crippen LogP contribution in [0.2, 0.25) is 0 Å². The minimum atomic E-state index is -0.000939. The van der Waals surface area contributed by atoms with Crippen molar-refractivity contribution in [1.82, 2.24) is 10.2 Å². The summed E-state index contributed by atoms with van der Waals surface area (Å²) in [6.07, 6.45) is 2.09. The number of hydrogen-bond donors (Lipinski definition) is 1. The number of thioether (sulfide) groups is 1. The third-order valence-electron chi connectivity index (χ3n) is 3.62. The van der Waals surface area contributed by atoms with Crippen molar-refractivity contribution in [2.75, 3.05) is 38.6 Å². The molecule has 1 aliphatic rings. The van der Waals surface area contributed by atoms with Crippen molar-refractivity contribution in [2.45, 2.75) is 19.3 Å². The van der Waals surface area contributed by atoms with Crippen molar-refractivity contribution >= 4 is 22.9 Å². The van der Waals surface area contributed by atoms with Crippen molar-refractivity contribution in [2.24, 2.45) is 0 Å². The molecule has 0 bridgehead atoms. The molecule has 23 heavy (non-hydrogen) atoms. The normalized spacial score (nSPS) is 14.3. The van der Waals surface area contributed by atoms with Crippen LogP contribution in [0.3, 0.4) is 0 Å². The van der Waals surface area contributed by atoms with Crippen LogP contribution in [0.15, 0.2) is 30.3 Å². The zero-order valence-electron chi connectivity index (χ0n) is 13.3. The minimum Gasteiger partial charge on any atom is -0.381 e. The summed E-state index contributed by atoms with van der Waals surface area (Å²) in [5, 5.41) is 2.95. The molecular formula is C17H24N2O3S. The molecule has 0 unspecified atom stereocenters. The molecule has 126 valence electrons. The van der Waals surface area contributed by atoms with Crippen LogP contribution in [0.4, 0.5) is 4.79 Å². The Morgan fingerprint density at radius 2 is 2.09 bits per heavy atom. The van der Waals surface area contributed by atoms with Gasteiger partial charge in [0.15, 0.2) is 0 Å². The molecule has 1 heterocycles. The SMILES string of the molecule is O=C(CCN1CCSC1=O)NCCCOCCc1ccccc1. The van der Waals surface area contributed by atoms with Gasteiger partial charge in [-0.2, -0.15) is 0 Å². The molecule has 0 atom stereocenters. The Labute approximate surface area is 141 Å². The number of carbonyl (C=O) groups is 2. The van der Waals surface area contributed by atoms with Gasteiger partial charge in [-0.05, 0) is 18.4 Å². The van der Waals surface area contributed by atoms with Gasteiger partial charge in [-0.15, -0.1) is 0 Å². The Balaban J connectivity index is 1.42. The van der Waals surface area contributed by atoms with E-state index in [2.05, 4.69) is 17.4 Å². The average molecular weight is 336 g/mol. The number of benzene rings is 1. The molecule has 1 aromatic carbocycles. The highest BCUT2D eigenvalue weighted by atomic mass is 32.2. The first-order valence-corrected chi connectivity index (χ1v) is 9.04. The Kier molecular flexibility index (Phi) is 7.97. The van der Waals surface area contributed by atoms with Crippen molar-refractivity contribution in [3.8, 4) is 0 Å². The second-order valence-electron chi connectivity index (χ2n) is 5.40. The van der Waals surface area contributed by atoms with Gasteiger partial charge in [0, 0.05) is 38.4 Å². The van der Waals surface area contributed by atoms with Crippen LogP contribution in [0, 0.1) is 0 Å². The number of rotatable bonds is 10. The molecule has 6 heteroatoms. The summed E-state index contributed by atoms with van der Waals surface area (Å²) in [6, 6.07) is 10.2. The van der Waals surface area contributed by atoms with Crippen LogP contribution in [0.25, 0.3) is 0 Å². The van der Waals surface area contributed by atoms with Crippen LogP contribution in [0.5, 0.6) is 0 Å². The molecule has 1 saturated heterocycles. The maximum absolute atomic E-state index is 11.7. The summed E-state index contributed by atoms with van der Waals surface area (Å²) in [4.78, 5) is 24.8. The van der Waals surface area contributed by atoms with E-state index in [0.29, 0.717) is 32.7 Å². The maximum Gasteiger partial charge on any atom is 0.281 e. The van der Waals surface area contributed by atoms with E-state index in [-0.39, 0.29) is 11.1 Å². The van der Waals surface area contributed by atoms with Crippen LogP contribution in [-0.4, -0.2) is 54.6 Å². The third-order valence-corrected chi connectivity index (χ3v) is 4.51. The Hall–Kier alpha value is -1.53. The van der Waals surface area contributed by atoms with Gasteiger partial charge in [-0.25, -0.2) is 0 Å². The first kappa shape index (κ1) is 17.8. The van der Waals surface area contributed by atoms with Gasteiger partial charge in [0.1, 0.15) is 0 Å². The topological polar surface area (TPSA) is 58.6 Å². The highest BCUT2D eigenvalue weighted by molar-refractivity contribution is 8.13. The summed E-state index contributed by atoms with van der Waals surface area (Å²) >= 11 is 1.32. The van der Waals surface area contributed by atoms with Gasteiger partial charge in [0.2, 0.25) is 5.91 Å². The molecule has 0 radical (unpaired) electrons. The Morgan fingerprint density at radius 1 is 1.26 bits per heavy atom. The molecule has 1 fully saturated rings. The zero-order valence-corrected chi connectivity index (χ0v) is 14.1. The smallest absolute Gasteiger partial charge is 0.281 e. The lowest BCUT2D eigenvalue weighted by Crippen LogP contribution is -2.31. The maximum atomic E-state index is 11.7. The molecular weight excluding hydrogens is 312 g/mol. The van der Waals surface area contributed by atoms with Crippen molar-refractivity contribution in [3.05, 3.63) is 35.9 Å². The number of hydrogen-bond acceptors (Lipinski definition) is 4. The lowest BCUT2D eigenvalue weighted by molar-refractivity contribution is -0.121. The molecule has 0 aromatic heterocycles. The van der Waals surface area contributed by atoms with Gasteiger partial charge >= 0.3 is 0 Å². The highest BCUT2D eigenvalue weighted by Gasteiger charge is 2.21. The van der Waals surface area contributed by atoms with Gasteiger partial charge < -0.3 is 15.0 Å². The molecule has 2 rings (SSSR count). The molecule has 0 spiro atoms. The van der Waals surface area contributed by atoms with Crippen LogP contribution in [0.1, 0.15) is 18.4 Å². The highest BCUT2D eigenvalue weighted by Crippen LogP contribution is 2.16.